The maximum absolute atomic E-state index is 12.9. The molecule has 11 heteroatoms. The highest BCUT2D eigenvalue weighted by molar-refractivity contribution is 6.31. The number of nitrogens with one attached hydrogen (secondary N) is 1. The second kappa shape index (κ2) is 8.93. The van der Waals surface area contributed by atoms with Crippen molar-refractivity contribution in [2.24, 2.45) is 0 Å². The number of carbonyl (C=O) groups excluding carboxylic acids is 1. The predicted octanol–water partition coefficient (Wildman–Crippen LogP) is 3.20. The van der Waals surface area contributed by atoms with Crippen molar-refractivity contribution in [3.05, 3.63) is 73.6 Å². The van der Waals surface area contributed by atoms with Crippen LogP contribution in [0.25, 0.3) is 10.9 Å². The molecule has 3 aromatic rings. The number of amides is 1. The molecular formula is C20H18ClF3N4O3. The molecule has 0 unspecified atom stereocenters. The van der Waals surface area contributed by atoms with E-state index >= 15 is 0 Å². The minimum Gasteiger partial charge on any atom is -0.334 e. The smallest absolute Gasteiger partial charge is 0.334 e. The number of H-pyrrole nitrogens is 1. The first-order chi connectivity index (χ1) is 14.6. The van der Waals surface area contributed by atoms with E-state index in [2.05, 4.69) is 9.97 Å². The van der Waals surface area contributed by atoms with Gasteiger partial charge in [0.25, 0.3) is 11.1 Å². The van der Waals surface area contributed by atoms with Crippen molar-refractivity contribution in [2.75, 3.05) is 6.54 Å². The van der Waals surface area contributed by atoms with Crippen LogP contribution < -0.4 is 11.1 Å². The second-order valence-electron chi connectivity index (χ2n) is 6.87. The molecule has 0 aliphatic carbocycles. The van der Waals surface area contributed by atoms with Crippen LogP contribution in [0.4, 0.5) is 13.2 Å². The van der Waals surface area contributed by atoms with Gasteiger partial charge in [0.1, 0.15) is 12.4 Å². The molecule has 164 valence electrons. The van der Waals surface area contributed by atoms with E-state index in [0.29, 0.717) is 39.2 Å². The zero-order chi connectivity index (χ0) is 22.8. The van der Waals surface area contributed by atoms with E-state index < -0.39 is 35.3 Å². The van der Waals surface area contributed by atoms with Gasteiger partial charge in [-0.1, -0.05) is 18.5 Å². The van der Waals surface area contributed by atoms with Gasteiger partial charge in [0, 0.05) is 23.8 Å². The number of carbonyl (C=O) groups is 1. The molecule has 1 aromatic carbocycles. The lowest BCUT2D eigenvalue weighted by Crippen LogP contribution is -2.37. The average Bonchev–Trinajstić information content (AvgIpc) is 2.68. The third-order valence-electron chi connectivity index (χ3n) is 4.52. The summed E-state index contributed by atoms with van der Waals surface area (Å²) >= 11 is 5.95. The molecule has 0 bridgehead atoms. The summed E-state index contributed by atoms with van der Waals surface area (Å²) in [5.41, 5.74) is -1.82. The molecule has 0 aliphatic heterocycles. The van der Waals surface area contributed by atoms with Crippen LogP contribution in [0.1, 0.15) is 24.7 Å². The number of alkyl halides is 3. The monoisotopic (exact) mass is 454 g/mol. The Balaban J connectivity index is 1.88. The Hall–Kier alpha value is -3.14. The average molecular weight is 455 g/mol. The fourth-order valence-electron chi connectivity index (χ4n) is 3.05. The molecule has 2 aromatic heterocycles. The van der Waals surface area contributed by atoms with Gasteiger partial charge in [0.05, 0.1) is 23.0 Å². The SMILES string of the molecule is CCCN(Cc1nc2cc(Cl)ccc2c(=O)[nH]1)C(=O)Cn1cc(C(F)(F)F)ccc1=O. The Morgan fingerprint density at radius 1 is 1.23 bits per heavy atom. The van der Waals surface area contributed by atoms with E-state index in [9.17, 15) is 27.6 Å². The predicted molar refractivity (Wildman–Crippen MR) is 109 cm³/mol. The number of fused-ring (bicyclic) bond motifs is 1. The zero-order valence-electron chi connectivity index (χ0n) is 16.4. The molecule has 0 saturated heterocycles. The molecule has 0 fully saturated rings. The molecule has 7 nitrogen and oxygen atoms in total. The number of benzene rings is 1. The van der Waals surface area contributed by atoms with Crippen LogP contribution in [0.5, 0.6) is 0 Å². The molecule has 1 amide bonds. The summed E-state index contributed by atoms with van der Waals surface area (Å²) in [5.74, 6) is -0.393. The standard InChI is InChI=1S/C20H18ClF3N4O3/c1-2-7-27(10-16-25-15-8-13(21)4-5-14(15)19(31)26-16)18(30)11-28-9-12(20(22,23)24)3-6-17(28)29/h3-6,8-9H,2,7,10-11H2,1H3,(H,25,26,31). The lowest BCUT2D eigenvalue weighted by atomic mass is 10.2. The first-order valence-electron chi connectivity index (χ1n) is 9.32. The van der Waals surface area contributed by atoms with Gasteiger partial charge in [-0.15, -0.1) is 0 Å². The van der Waals surface area contributed by atoms with Gasteiger partial charge < -0.3 is 14.5 Å². The van der Waals surface area contributed by atoms with Gasteiger partial charge in [-0.25, -0.2) is 4.98 Å². The lowest BCUT2D eigenvalue weighted by Gasteiger charge is -2.22. The van der Waals surface area contributed by atoms with E-state index in [0.717, 1.165) is 6.07 Å². The van der Waals surface area contributed by atoms with Crippen LogP contribution >= 0.6 is 11.6 Å². The Morgan fingerprint density at radius 2 is 1.97 bits per heavy atom. The van der Waals surface area contributed by atoms with Crippen molar-refractivity contribution in [2.45, 2.75) is 32.6 Å². The van der Waals surface area contributed by atoms with Crippen LogP contribution in [0, 0.1) is 0 Å². The third kappa shape index (κ3) is 5.32. The van der Waals surface area contributed by atoms with E-state index in [1.165, 1.54) is 17.0 Å². The number of nitrogens with zero attached hydrogens (tertiary/aromatic N) is 3. The van der Waals surface area contributed by atoms with Crippen molar-refractivity contribution in [3.63, 3.8) is 0 Å². The molecule has 1 N–H and O–H groups in total. The second-order valence-corrected chi connectivity index (χ2v) is 7.31. The van der Waals surface area contributed by atoms with Gasteiger partial charge in [-0.05, 0) is 30.7 Å². The molecule has 0 atom stereocenters. The van der Waals surface area contributed by atoms with Gasteiger partial charge >= 0.3 is 6.18 Å². The van der Waals surface area contributed by atoms with Crippen LogP contribution in [-0.4, -0.2) is 31.9 Å². The number of hydrogen-bond donors (Lipinski definition) is 1. The minimum atomic E-state index is -4.64. The number of rotatable bonds is 6. The van der Waals surface area contributed by atoms with Gasteiger partial charge in [0.15, 0.2) is 0 Å². The summed E-state index contributed by atoms with van der Waals surface area (Å²) in [6, 6.07) is 6.04. The van der Waals surface area contributed by atoms with Crippen molar-refractivity contribution in [1.82, 2.24) is 19.4 Å². The van der Waals surface area contributed by atoms with Crippen molar-refractivity contribution < 1.29 is 18.0 Å². The fraction of sp³-hybridized carbons (Fsp3) is 0.300. The molecular weight excluding hydrogens is 437 g/mol. The van der Waals surface area contributed by atoms with Crippen molar-refractivity contribution in [3.8, 4) is 0 Å². The molecule has 0 saturated carbocycles. The number of aromatic nitrogens is 3. The van der Waals surface area contributed by atoms with Crippen molar-refractivity contribution in [1.29, 1.82) is 0 Å². The van der Waals surface area contributed by atoms with Crippen LogP contribution in [0.15, 0.2) is 46.1 Å². The molecule has 0 radical (unpaired) electrons. The van der Waals surface area contributed by atoms with E-state index in [1.54, 1.807) is 6.07 Å². The summed E-state index contributed by atoms with van der Waals surface area (Å²) in [5, 5.41) is 0.721. The summed E-state index contributed by atoms with van der Waals surface area (Å²) in [6.45, 7) is 1.40. The Kier molecular flexibility index (Phi) is 6.49. The normalized spacial score (nSPS) is 11.6. The zero-order valence-corrected chi connectivity index (χ0v) is 17.1. The Morgan fingerprint density at radius 3 is 2.65 bits per heavy atom. The summed E-state index contributed by atoms with van der Waals surface area (Å²) in [4.78, 5) is 45.2. The lowest BCUT2D eigenvalue weighted by molar-refractivity contribution is -0.139. The molecule has 0 aliphatic rings. The van der Waals surface area contributed by atoms with Gasteiger partial charge in [-0.3, -0.25) is 14.4 Å². The maximum Gasteiger partial charge on any atom is 0.417 e. The quantitative estimate of drug-likeness (QED) is 0.619. The highest BCUT2D eigenvalue weighted by atomic mass is 35.5. The third-order valence-corrected chi connectivity index (χ3v) is 4.76. The number of pyridine rings is 1. The molecule has 31 heavy (non-hydrogen) atoms. The number of halogens is 4. The molecule has 0 spiro atoms. The topological polar surface area (TPSA) is 88.1 Å². The number of aromatic amines is 1. The van der Waals surface area contributed by atoms with Crippen LogP contribution in [0.2, 0.25) is 5.02 Å². The first-order valence-corrected chi connectivity index (χ1v) is 9.70. The van der Waals surface area contributed by atoms with E-state index in [1.807, 2.05) is 6.92 Å². The molecule has 3 rings (SSSR count). The van der Waals surface area contributed by atoms with Crippen LogP contribution in [0.3, 0.4) is 0 Å². The first kappa shape index (κ1) is 22.5. The summed E-state index contributed by atoms with van der Waals surface area (Å²) in [7, 11) is 0. The van der Waals surface area contributed by atoms with Crippen molar-refractivity contribution >= 4 is 28.4 Å². The largest absolute Gasteiger partial charge is 0.417 e. The Labute approximate surface area is 179 Å². The molecule has 2 heterocycles. The van der Waals surface area contributed by atoms with Crippen LogP contribution in [-0.2, 0) is 24.1 Å². The maximum atomic E-state index is 12.9. The summed E-state index contributed by atoms with van der Waals surface area (Å²) in [6.07, 6.45) is -3.48. The minimum absolute atomic E-state index is 0.0852. The van der Waals surface area contributed by atoms with Gasteiger partial charge in [0.2, 0.25) is 5.91 Å². The van der Waals surface area contributed by atoms with E-state index in [-0.39, 0.29) is 18.9 Å². The highest BCUT2D eigenvalue weighted by Gasteiger charge is 2.31. The van der Waals surface area contributed by atoms with E-state index in [4.69, 9.17) is 11.6 Å². The van der Waals surface area contributed by atoms with Gasteiger partial charge in [-0.2, -0.15) is 13.2 Å². The summed E-state index contributed by atoms with van der Waals surface area (Å²) < 4.78 is 39.5. The Bertz CT molecular complexity index is 1240. The highest BCUT2D eigenvalue weighted by Crippen LogP contribution is 2.28. The number of hydrogen-bond acceptors (Lipinski definition) is 4. The fourth-order valence-corrected chi connectivity index (χ4v) is 3.21.